The fourth-order valence-electron chi connectivity index (χ4n) is 3.80. The van der Waals surface area contributed by atoms with Crippen molar-refractivity contribution in [3.63, 3.8) is 0 Å². The Bertz CT molecular complexity index is 525. The number of piperidine rings is 1. The molecule has 1 N–H and O–H groups in total. The summed E-state index contributed by atoms with van der Waals surface area (Å²) in [6.07, 6.45) is 2.12. The van der Waals surface area contributed by atoms with Crippen LogP contribution in [0.15, 0.2) is 12.1 Å². The number of hydrogen-bond acceptors (Lipinski definition) is 3. The molecule has 0 radical (unpaired) electrons. The van der Waals surface area contributed by atoms with Crippen molar-refractivity contribution in [2.45, 2.75) is 53.1 Å². The van der Waals surface area contributed by atoms with E-state index in [9.17, 15) is 4.79 Å². The van der Waals surface area contributed by atoms with E-state index in [1.54, 1.807) is 0 Å². The molecule has 1 aliphatic heterocycles. The van der Waals surface area contributed by atoms with Crippen molar-refractivity contribution in [1.82, 2.24) is 9.80 Å². The van der Waals surface area contributed by atoms with Gasteiger partial charge in [0.15, 0.2) is 0 Å². The van der Waals surface area contributed by atoms with Crippen molar-refractivity contribution in [2.24, 2.45) is 0 Å². The molecule has 0 amide bonds. The van der Waals surface area contributed by atoms with E-state index in [-0.39, 0.29) is 6.54 Å². The summed E-state index contributed by atoms with van der Waals surface area (Å²) in [7, 11) is 0. The number of aliphatic carboxylic acids is 1. The molecule has 1 fully saturated rings. The molecular formula is C19H30N2O2. The molecule has 0 unspecified atom stereocenters. The van der Waals surface area contributed by atoms with E-state index in [1.165, 1.54) is 22.3 Å². The van der Waals surface area contributed by atoms with Crippen molar-refractivity contribution < 1.29 is 9.90 Å². The van der Waals surface area contributed by atoms with Crippen molar-refractivity contribution in [3.8, 4) is 0 Å². The second kappa shape index (κ2) is 7.93. The van der Waals surface area contributed by atoms with Gasteiger partial charge in [-0.3, -0.25) is 14.6 Å². The summed E-state index contributed by atoms with van der Waals surface area (Å²) in [4.78, 5) is 15.6. The third-order valence-corrected chi connectivity index (χ3v) is 5.04. The van der Waals surface area contributed by atoms with Crippen LogP contribution in [0.2, 0.25) is 0 Å². The number of likely N-dealkylation sites (N-methyl/N-ethyl adjacent to an activating group) is 1. The van der Waals surface area contributed by atoms with Crippen LogP contribution in [0.25, 0.3) is 0 Å². The molecular weight excluding hydrogens is 288 g/mol. The summed E-state index contributed by atoms with van der Waals surface area (Å²) < 4.78 is 0. The molecule has 1 aromatic carbocycles. The number of aryl methyl sites for hydroxylation is 3. The lowest BCUT2D eigenvalue weighted by atomic mass is 9.97. The normalized spacial score (nSPS) is 16.9. The van der Waals surface area contributed by atoms with Crippen LogP contribution >= 0.6 is 0 Å². The van der Waals surface area contributed by atoms with Crippen LogP contribution in [0.3, 0.4) is 0 Å². The Kier molecular flexibility index (Phi) is 6.19. The summed E-state index contributed by atoms with van der Waals surface area (Å²) >= 11 is 0. The van der Waals surface area contributed by atoms with Crippen LogP contribution in [-0.4, -0.2) is 53.1 Å². The lowest BCUT2D eigenvalue weighted by Crippen LogP contribution is -2.46. The molecule has 4 heteroatoms. The highest BCUT2D eigenvalue weighted by Crippen LogP contribution is 2.22. The van der Waals surface area contributed by atoms with E-state index < -0.39 is 5.97 Å². The Morgan fingerprint density at radius 1 is 1.22 bits per heavy atom. The molecule has 1 saturated heterocycles. The fourth-order valence-corrected chi connectivity index (χ4v) is 3.80. The lowest BCUT2D eigenvalue weighted by Gasteiger charge is -2.37. The van der Waals surface area contributed by atoms with Crippen molar-refractivity contribution >= 4 is 5.97 Å². The Morgan fingerprint density at radius 2 is 1.78 bits per heavy atom. The van der Waals surface area contributed by atoms with Gasteiger partial charge >= 0.3 is 5.97 Å². The Balaban J connectivity index is 1.93. The predicted octanol–water partition coefficient (Wildman–Crippen LogP) is 2.98. The maximum atomic E-state index is 11.0. The average Bonchev–Trinajstić information content (AvgIpc) is 2.49. The minimum Gasteiger partial charge on any atom is -0.480 e. The van der Waals surface area contributed by atoms with Gasteiger partial charge in [-0.05, 0) is 69.9 Å². The number of likely N-dealkylation sites (tertiary alicyclic amines) is 1. The smallest absolute Gasteiger partial charge is 0.317 e. The van der Waals surface area contributed by atoms with E-state index in [0.29, 0.717) is 6.04 Å². The first-order valence-electron chi connectivity index (χ1n) is 8.65. The molecule has 128 valence electrons. The number of nitrogens with zero attached hydrogens (tertiary/aromatic N) is 2. The minimum atomic E-state index is -0.722. The van der Waals surface area contributed by atoms with Gasteiger partial charge in [-0.1, -0.05) is 24.6 Å². The quantitative estimate of drug-likeness (QED) is 0.876. The Morgan fingerprint density at radius 3 is 2.26 bits per heavy atom. The van der Waals surface area contributed by atoms with Gasteiger partial charge in [0, 0.05) is 12.6 Å². The van der Waals surface area contributed by atoms with Crippen LogP contribution in [-0.2, 0) is 11.3 Å². The molecule has 4 nitrogen and oxygen atoms in total. The molecule has 1 aromatic rings. The maximum Gasteiger partial charge on any atom is 0.317 e. The number of carboxylic acids is 1. The summed E-state index contributed by atoms with van der Waals surface area (Å²) in [6, 6.07) is 4.94. The third kappa shape index (κ3) is 4.79. The predicted molar refractivity (Wildman–Crippen MR) is 93.8 cm³/mol. The number of carbonyl (C=O) groups is 1. The average molecular weight is 318 g/mol. The monoisotopic (exact) mass is 318 g/mol. The van der Waals surface area contributed by atoms with Crippen LogP contribution < -0.4 is 0 Å². The number of hydrogen-bond donors (Lipinski definition) is 1. The van der Waals surface area contributed by atoms with E-state index in [1.807, 2.05) is 6.92 Å². The minimum absolute atomic E-state index is 0.164. The summed E-state index contributed by atoms with van der Waals surface area (Å²) in [5, 5.41) is 9.02. The highest BCUT2D eigenvalue weighted by molar-refractivity contribution is 5.69. The molecule has 2 rings (SSSR count). The SMILES string of the molecule is CCN(CC(=O)O)C1CCN(Cc2c(C)cc(C)cc2C)CC1. The Hall–Kier alpha value is -1.39. The van der Waals surface area contributed by atoms with Crippen molar-refractivity contribution in [3.05, 3.63) is 34.4 Å². The summed E-state index contributed by atoms with van der Waals surface area (Å²) in [5.74, 6) is -0.722. The zero-order valence-electron chi connectivity index (χ0n) is 14.9. The summed E-state index contributed by atoms with van der Waals surface area (Å²) in [5.41, 5.74) is 5.54. The largest absolute Gasteiger partial charge is 0.480 e. The lowest BCUT2D eigenvalue weighted by molar-refractivity contribution is -0.139. The molecule has 0 bridgehead atoms. The fraction of sp³-hybridized carbons (Fsp3) is 0.632. The van der Waals surface area contributed by atoms with Gasteiger partial charge in [0.1, 0.15) is 0 Å². The second-order valence-corrected chi connectivity index (χ2v) is 6.84. The van der Waals surface area contributed by atoms with Gasteiger partial charge < -0.3 is 5.11 Å². The van der Waals surface area contributed by atoms with Gasteiger partial charge in [-0.25, -0.2) is 0 Å². The Labute approximate surface area is 140 Å². The highest BCUT2D eigenvalue weighted by atomic mass is 16.4. The zero-order valence-corrected chi connectivity index (χ0v) is 14.9. The van der Waals surface area contributed by atoms with E-state index >= 15 is 0 Å². The molecule has 23 heavy (non-hydrogen) atoms. The summed E-state index contributed by atoms with van der Waals surface area (Å²) in [6.45, 7) is 12.7. The molecule has 0 atom stereocenters. The van der Waals surface area contributed by atoms with Crippen LogP contribution in [0, 0.1) is 20.8 Å². The van der Waals surface area contributed by atoms with Gasteiger partial charge in [-0.15, -0.1) is 0 Å². The van der Waals surface area contributed by atoms with Crippen molar-refractivity contribution in [1.29, 1.82) is 0 Å². The standard InChI is InChI=1S/C19H30N2O2/c1-5-21(13-19(22)23)17-6-8-20(9-7-17)12-18-15(3)10-14(2)11-16(18)4/h10-11,17H,5-9,12-13H2,1-4H3,(H,22,23). The van der Waals surface area contributed by atoms with E-state index in [4.69, 9.17) is 5.11 Å². The zero-order chi connectivity index (χ0) is 17.0. The molecule has 0 saturated carbocycles. The first-order valence-corrected chi connectivity index (χ1v) is 8.65. The molecule has 0 aliphatic carbocycles. The molecule has 0 spiro atoms. The van der Waals surface area contributed by atoms with E-state index in [2.05, 4.69) is 42.7 Å². The molecule has 1 aliphatic rings. The number of benzene rings is 1. The first kappa shape index (κ1) is 18.0. The van der Waals surface area contributed by atoms with Gasteiger partial charge in [0.2, 0.25) is 0 Å². The molecule has 0 aromatic heterocycles. The van der Waals surface area contributed by atoms with Crippen molar-refractivity contribution in [2.75, 3.05) is 26.2 Å². The second-order valence-electron chi connectivity index (χ2n) is 6.84. The van der Waals surface area contributed by atoms with E-state index in [0.717, 1.165) is 39.0 Å². The third-order valence-electron chi connectivity index (χ3n) is 5.04. The number of carboxylic acid groups (broad SMARTS) is 1. The van der Waals surface area contributed by atoms with Crippen LogP contribution in [0.5, 0.6) is 0 Å². The topological polar surface area (TPSA) is 43.8 Å². The van der Waals surface area contributed by atoms with Gasteiger partial charge in [0.25, 0.3) is 0 Å². The number of rotatable bonds is 6. The van der Waals surface area contributed by atoms with Gasteiger partial charge in [-0.2, -0.15) is 0 Å². The molecule has 1 heterocycles. The first-order chi connectivity index (χ1) is 10.9. The van der Waals surface area contributed by atoms with Gasteiger partial charge in [0.05, 0.1) is 6.54 Å². The maximum absolute atomic E-state index is 11.0. The van der Waals surface area contributed by atoms with Crippen LogP contribution in [0.4, 0.5) is 0 Å². The van der Waals surface area contributed by atoms with Crippen LogP contribution in [0.1, 0.15) is 42.0 Å². The highest BCUT2D eigenvalue weighted by Gasteiger charge is 2.25.